The van der Waals surface area contributed by atoms with Crippen molar-refractivity contribution in [3.05, 3.63) is 0 Å². The molecule has 0 saturated carbocycles. The number of hydrogen-bond acceptors (Lipinski definition) is 4. The van der Waals surface area contributed by atoms with Crippen LogP contribution in [0.15, 0.2) is 0 Å². The molecule has 0 aliphatic heterocycles. The van der Waals surface area contributed by atoms with Gasteiger partial charge < -0.3 is 10.5 Å². The molecule has 1 unspecified atom stereocenters. The van der Waals surface area contributed by atoms with Crippen LogP contribution in [0.2, 0.25) is 0 Å². The Bertz CT molecular complexity index is 376. The molecular weight excluding hydrogens is 316 g/mol. The molecule has 0 aromatic rings. The zero-order chi connectivity index (χ0) is 19.3. The number of nitrogens with two attached hydrogens (primary N) is 1. The second-order valence-electron chi connectivity index (χ2n) is 7.94. The number of rotatable bonds is 12. The molecular formula is C20H40N2O3. The molecule has 0 radical (unpaired) electrons. The van der Waals surface area contributed by atoms with Gasteiger partial charge in [-0.1, -0.05) is 64.7 Å². The number of hydrogen-bond donors (Lipinski definition) is 1. The maximum Gasteiger partial charge on any atom is 0.417 e. The number of carbonyl (C=O) groups is 2. The number of unbranched alkanes of at least 4 members (excludes halogenated alkanes) is 9. The molecule has 5 nitrogen and oxygen atoms in total. The molecule has 0 aliphatic carbocycles. The molecule has 0 fully saturated rings. The van der Waals surface area contributed by atoms with E-state index in [1.165, 1.54) is 49.8 Å². The molecule has 0 spiro atoms. The smallest absolute Gasteiger partial charge is 0.417 e. The third kappa shape index (κ3) is 12.9. The first kappa shape index (κ1) is 23.9. The van der Waals surface area contributed by atoms with Crippen LogP contribution < -0.4 is 5.73 Å². The zero-order valence-corrected chi connectivity index (χ0v) is 17.1. The normalized spacial score (nSPS) is 12.7. The third-order valence-corrected chi connectivity index (χ3v) is 4.00. The summed E-state index contributed by atoms with van der Waals surface area (Å²) in [5.41, 5.74) is 5.04. The van der Waals surface area contributed by atoms with E-state index in [1.807, 2.05) is 0 Å². The second kappa shape index (κ2) is 13.2. The molecule has 0 saturated heterocycles. The van der Waals surface area contributed by atoms with Crippen molar-refractivity contribution >= 4 is 12.0 Å². The Labute approximate surface area is 154 Å². The number of carbonyl (C=O) groups excluding carboxylic acids is 2. The van der Waals surface area contributed by atoms with Crippen LogP contribution in [-0.2, 0) is 9.53 Å². The van der Waals surface area contributed by atoms with Crippen LogP contribution in [0.1, 0.15) is 98.8 Å². The fourth-order valence-electron chi connectivity index (χ4n) is 2.61. The molecule has 0 aliphatic rings. The van der Waals surface area contributed by atoms with Crippen molar-refractivity contribution in [3.8, 4) is 0 Å². The summed E-state index contributed by atoms with van der Waals surface area (Å²) in [6.07, 6.45) is 11.5. The van der Waals surface area contributed by atoms with E-state index >= 15 is 0 Å². The Kier molecular flexibility index (Phi) is 12.6. The number of ether oxygens (including phenoxy) is 1. The van der Waals surface area contributed by atoms with Crippen LogP contribution in [0.25, 0.3) is 0 Å². The molecule has 5 heteroatoms. The fourth-order valence-corrected chi connectivity index (χ4v) is 2.61. The Balaban J connectivity index is 4.07. The lowest BCUT2D eigenvalue weighted by atomic mass is 10.1. The molecule has 0 rings (SSSR count). The van der Waals surface area contributed by atoms with E-state index in [-0.39, 0.29) is 5.91 Å². The molecule has 2 amide bonds. The van der Waals surface area contributed by atoms with Crippen LogP contribution >= 0.6 is 0 Å². The van der Waals surface area contributed by atoms with Gasteiger partial charge in [-0.05, 0) is 34.1 Å². The first-order chi connectivity index (χ1) is 11.7. The van der Waals surface area contributed by atoms with Gasteiger partial charge in [0.15, 0.2) is 0 Å². The van der Waals surface area contributed by atoms with Gasteiger partial charge in [0, 0.05) is 6.54 Å². The maximum atomic E-state index is 12.2. The zero-order valence-electron chi connectivity index (χ0n) is 17.1. The molecule has 25 heavy (non-hydrogen) atoms. The van der Waals surface area contributed by atoms with Crippen molar-refractivity contribution in [3.63, 3.8) is 0 Å². The van der Waals surface area contributed by atoms with Gasteiger partial charge in [0.05, 0.1) is 6.04 Å². The van der Waals surface area contributed by atoms with Crippen LogP contribution in [0, 0.1) is 0 Å². The van der Waals surface area contributed by atoms with Gasteiger partial charge in [-0.15, -0.1) is 0 Å². The quantitative estimate of drug-likeness (QED) is 0.498. The van der Waals surface area contributed by atoms with Crippen molar-refractivity contribution in [2.75, 3.05) is 6.54 Å². The van der Waals surface area contributed by atoms with Gasteiger partial charge in [-0.2, -0.15) is 0 Å². The third-order valence-electron chi connectivity index (χ3n) is 4.00. The summed E-state index contributed by atoms with van der Waals surface area (Å²) in [6, 6.07) is -0.698. The Hall–Kier alpha value is -1.10. The second-order valence-corrected chi connectivity index (χ2v) is 7.94. The lowest BCUT2D eigenvalue weighted by Gasteiger charge is -2.27. The van der Waals surface area contributed by atoms with Crippen LogP contribution in [0.3, 0.4) is 0 Å². The number of nitrogens with zero attached hydrogens (tertiary/aromatic N) is 1. The van der Waals surface area contributed by atoms with E-state index in [9.17, 15) is 9.59 Å². The maximum absolute atomic E-state index is 12.2. The SMILES string of the molecule is CCCCCCCCCCCCN(C(=O)OC(C)(C)C)C(=O)C(C)N. The van der Waals surface area contributed by atoms with E-state index in [0.29, 0.717) is 6.54 Å². The highest BCUT2D eigenvalue weighted by Gasteiger charge is 2.28. The van der Waals surface area contributed by atoms with E-state index in [0.717, 1.165) is 19.3 Å². The molecule has 0 heterocycles. The van der Waals surface area contributed by atoms with E-state index in [1.54, 1.807) is 27.7 Å². The lowest BCUT2D eigenvalue weighted by molar-refractivity contribution is -0.131. The van der Waals surface area contributed by atoms with Gasteiger partial charge in [0.25, 0.3) is 0 Å². The minimum absolute atomic E-state index is 0.370. The summed E-state index contributed by atoms with van der Waals surface area (Å²) in [4.78, 5) is 25.6. The molecule has 0 bridgehead atoms. The highest BCUT2D eigenvalue weighted by atomic mass is 16.6. The fraction of sp³-hybridized carbons (Fsp3) is 0.900. The van der Waals surface area contributed by atoms with Crippen LogP contribution in [-0.4, -0.2) is 35.1 Å². The standard InChI is InChI=1S/C20H40N2O3/c1-6-7-8-9-10-11-12-13-14-15-16-22(18(23)17(2)21)19(24)25-20(3,4)5/h17H,6-16,21H2,1-5H3. The van der Waals surface area contributed by atoms with Gasteiger partial charge in [0.2, 0.25) is 5.91 Å². The average molecular weight is 357 g/mol. The summed E-state index contributed by atoms with van der Waals surface area (Å²) in [6.45, 7) is 9.58. The Morgan fingerprint density at radius 1 is 0.920 bits per heavy atom. The summed E-state index contributed by atoms with van der Waals surface area (Å²) in [7, 11) is 0. The van der Waals surface area contributed by atoms with Crippen molar-refractivity contribution in [1.29, 1.82) is 0 Å². The first-order valence-electron chi connectivity index (χ1n) is 9.99. The highest BCUT2D eigenvalue weighted by Crippen LogP contribution is 2.13. The predicted molar refractivity (Wildman–Crippen MR) is 103 cm³/mol. The summed E-state index contributed by atoms with van der Waals surface area (Å²) in [5, 5.41) is 0. The van der Waals surface area contributed by atoms with Gasteiger partial charge >= 0.3 is 6.09 Å². The van der Waals surface area contributed by atoms with Gasteiger partial charge in [-0.3, -0.25) is 4.79 Å². The summed E-state index contributed by atoms with van der Waals surface area (Å²) >= 11 is 0. The molecule has 0 aromatic heterocycles. The van der Waals surface area contributed by atoms with Crippen LogP contribution in [0.5, 0.6) is 0 Å². The van der Waals surface area contributed by atoms with E-state index in [4.69, 9.17) is 10.5 Å². The highest BCUT2D eigenvalue weighted by molar-refractivity contribution is 5.94. The molecule has 1 atom stereocenters. The number of amides is 2. The predicted octanol–water partition coefficient (Wildman–Crippen LogP) is 5.02. The monoisotopic (exact) mass is 356 g/mol. The Morgan fingerprint density at radius 2 is 1.36 bits per heavy atom. The van der Waals surface area contributed by atoms with E-state index < -0.39 is 17.7 Å². The molecule has 2 N–H and O–H groups in total. The first-order valence-corrected chi connectivity index (χ1v) is 9.99. The van der Waals surface area contributed by atoms with Crippen molar-refractivity contribution in [1.82, 2.24) is 4.90 Å². The summed E-state index contributed by atoms with van der Waals surface area (Å²) < 4.78 is 5.32. The minimum Gasteiger partial charge on any atom is -0.443 e. The number of imide groups is 1. The largest absolute Gasteiger partial charge is 0.443 e. The Morgan fingerprint density at radius 3 is 1.76 bits per heavy atom. The molecule has 0 aromatic carbocycles. The minimum atomic E-state index is -0.698. The van der Waals surface area contributed by atoms with Gasteiger partial charge in [0.1, 0.15) is 5.60 Å². The van der Waals surface area contributed by atoms with Crippen LogP contribution in [0.4, 0.5) is 4.79 Å². The molecule has 148 valence electrons. The van der Waals surface area contributed by atoms with Crippen molar-refractivity contribution in [2.24, 2.45) is 5.73 Å². The topological polar surface area (TPSA) is 72.6 Å². The van der Waals surface area contributed by atoms with E-state index in [2.05, 4.69) is 6.92 Å². The average Bonchev–Trinajstić information content (AvgIpc) is 2.50. The lowest BCUT2D eigenvalue weighted by Crippen LogP contribution is -2.47. The summed E-state index contributed by atoms with van der Waals surface area (Å²) in [5.74, 6) is -0.370. The van der Waals surface area contributed by atoms with Crippen molar-refractivity contribution < 1.29 is 14.3 Å². The van der Waals surface area contributed by atoms with Crippen molar-refractivity contribution in [2.45, 2.75) is 110 Å². The van der Waals surface area contributed by atoms with Gasteiger partial charge in [-0.25, -0.2) is 9.69 Å².